The van der Waals surface area contributed by atoms with Crippen LogP contribution in [0, 0.1) is 0 Å². The Hall–Kier alpha value is -1.39. The van der Waals surface area contributed by atoms with Gasteiger partial charge in [0.2, 0.25) is 0 Å². The summed E-state index contributed by atoms with van der Waals surface area (Å²) in [6.07, 6.45) is 1.05. The lowest BCUT2D eigenvalue weighted by atomic mass is 10.1. The minimum absolute atomic E-state index is 0.120. The summed E-state index contributed by atoms with van der Waals surface area (Å²) < 4.78 is 0. The Morgan fingerprint density at radius 1 is 1.50 bits per heavy atom. The molecule has 1 amide bonds. The number of carbonyl (C=O) groups is 1. The normalized spacial score (nSPS) is 19.6. The quantitative estimate of drug-likeness (QED) is 0.864. The van der Waals surface area contributed by atoms with Crippen LogP contribution in [-0.2, 0) is 6.54 Å². The van der Waals surface area contributed by atoms with Crippen molar-refractivity contribution in [3.63, 3.8) is 0 Å². The maximum absolute atomic E-state index is 12.3. The van der Waals surface area contributed by atoms with Gasteiger partial charge in [-0.2, -0.15) is 0 Å². The van der Waals surface area contributed by atoms with Crippen LogP contribution in [0.25, 0.3) is 0 Å². The molecule has 1 unspecified atom stereocenters. The van der Waals surface area contributed by atoms with E-state index in [9.17, 15) is 4.79 Å². The molecule has 1 aliphatic rings. The van der Waals surface area contributed by atoms with Crippen LogP contribution in [0.3, 0.4) is 0 Å². The Morgan fingerprint density at radius 3 is 2.89 bits per heavy atom. The maximum atomic E-state index is 12.3. The van der Waals surface area contributed by atoms with E-state index in [1.807, 2.05) is 29.2 Å². The lowest BCUT2D eigenvalue weighted by Crippen LogP contribution is -2.34. The number of carbonyl (C=O) groups excluding carboxylic acids is 1. The summed E-state index contributed by atoms with van der Waals surface area (Å²) >= 11 is 0. The molecule has 0 aromatic heterocycles. The molecule has 1 saturated heterocycles. The number of hydrogen-bond donors (Lipinski definition) is 1. The topological polar surface area (TPSA) is 49.6 Å². The molecular formula is C14H21N3O. The molecule has 1 heterocycles. The van der Waals surface area contributed by atoms with Gasteiger partial charge in [0.15, 0.2) is 0 Å². The molecule has 2 rings (SSSR count). The van der Waals surface area contributed by atoms with Crippen LogP contribution < -0.4 is 5.73 Å². The van der Waals surface area contributed by atoms with Gasteiger partial charge in [-0.25, -0.2) is 0 Å². The first-order valence-corrected chi connectivity index (χ1v) is 6.36. The molecule has 1 fully saturated rings. The van der Waals surface area contributed by atoms with Gasteiger partial charge in [0.25, 0.3) is 5.91 Å². The lowest BCUT2D eigenvalue weighted by molar-refractivity contribution is 0.0783. The summed E-state index contributed by atoms with van der Waals surface area (Å²) in [5, 5.41) is 0. The first-order chi connectivity index (χ1) is 8.61. The molecule has 98 valence electrons. The molecule has 4 heteroatoms. The van der Waals surface area contributed by atoms with Crippen LogP contribution in [-0.4, -0.2) is 48.9 Å². The van der Waals surface area contributed by atoms with E-state index in [1.165, 1.54) is 0 Å². The third kappa shape index (κ3) is 2.71. The summed E-state index contributed by atoms with van der Waals surface area (Å²) in [6.45, 7) is 2.13. The van der Waals surface area contributed by atoms with E-state index in [-0.39, 0.29) is 5.91 Å². The highest BCUT2D eigenvalue weighted by molar-refractivity contribution is 5.94. The Morgan fingerprint density at radius 2 is 2.28 bits per heavy atom. The SMILES string of the molecule is CN(C)C1CCN(C(=O)c2cccc(CN)c2)C1. The van der Waals surface area contributed by atoms with Crippen LogP contribution in [0.1, 0.15) is 22.3 Å². The van der Waals surface area contributed by atoms with Crippen molar-refractivity contribution >= 4 is 5.91 Å². The van der Waals surface area contributed by atoms with Gasteiger partial charge < -0.3 is 15.5 Å². The Labute approximate surface area is 108 Å². The van der Waals surface area contributed by atoms with Crippen molar-refractivity contribution in [1.29, 1.82) is 0 Å². The van der Waals surface area contributed by atoms with Crippen molar-refractivity contribution in [3.05, 3.63) is 35.4 Å². The second kappa shape index (κ2) is 5.50. The van der Waals surface area contributed by atoms with E-state index in [1.54, 1.807) is 0 Å². The second-order valence-corrected chi connectivity index (χ2v) is 5.06. The summed E-state index contributed by atoms with van der Waals surface area (Å²) in [4.78, 5) is 16.5. The highest BCUT2D eigenvalue weighted by atomic mass is 16.2. The van der Waals surface area contributed by atoms with Gasteiger partial charge in [-0.15, -0.1) is 0 Å². The largest absolute Gasteiger partial charge is 0.337 e. The van der Waals surface area contributed by atoms with Crippen molar-refractivity contribution in [1.82, 2.24) is 9.80 Å². The molecule has 18 heavy (non-hydrogen) atoms. The molecule has 0 saturated carbocycles. The van der Waals surface area contributed by atoms with E-state index in [0.29, 0.717) is 12.6 Å². The number of rotatable bonds is 3. The molecule has 4 nitrogen and oxygen atoms in total. The number of nitrogens with zero attached hydrogens (tertiary/aromatic N) is 2. The molecule has 1 aromatic carbocycles. The molecule has 0 aliphatic carbocycles. The van der Waals surface area contributed by atoms with Crippen LogP contribution in [0.5, 0.6) is 0 Å². The van der Waals surface area contributed by atoms with E-state index < -0.39 is 0 Å². The van der Waals surface area contributed by atoms with Crippen molar-refractivity contribution in [2.45, 2.75) is 19.0 Å². The number of hydrogen-bond acceptors (Lipinski definition) is 3. The van der Waals surface area contributed by atoms with Gasteiger partial charge in [-0.05, 0) is 38.2 Å². The highest BCUT2D eigenvalue weighted by Crippen LogP contribution is 2.17. The summed E-state index contributed by atoms with van der Waals surface area (Å²) in [5.74, 6) is 0.120. The lowest BCUT2D eigenvalue weighted by Gasteiger charge is -2.20. The predicted molar refractivity (Wildman–Crippen MR) is 72.3 cm³/mol. The van der Waals surface area contributed by atoms with Gasteiger partial charge in [0.05, 0.1) is 0 Å². The number of benzene rings is 1. The smallest absolute Gasteiger partial charge is 0.253 e. The van der Waals surface area contributed by atoms with Gasteiger partial charge in [-0.3, -0.25) is 4.79 Å². The number of likely N-dealkylation sites (N-methyl/N-ethyl adjacent to an activating group) is 1. The number of amides is 1. The van der Waals surface area contributed by atoms with Crippen molar-refractivity contribution in [2.75, 3.05) is 27.2 Å². The van der Waals surface area contributed by atoms with Crippen LogP contribution in [0.15, 0.2) is 24.3 Å². The van der Waals surface area contributed by atoms with E-state index >= 15 is 0 Å². The van der Waals surface area contributed by atoms with Gasteiger partial charge >= 0.3 is 0 Å². The van der Waals surface area contributed by atoms with Gasteiger partial charge in [-0.1, -0.05) is 12.1 Å². The van der Waals surface area contributed by atoms with Gasteiger partial charge in [0.1, 0.15) is 0 Å². The fourth-order valence-corrected chi connectivity index (χ4v) is 2.36. The van der Waals surface area contributed by atoms with E-state index in [4.69, 9.17) is 5.73 Å². The van der Waals surface area contributed by atoms with Gasteiger partial charge in [0, 0.05) is 31.2 Å². The predicted octanol–water partition coefficient (Wildman–Crippen LogP) is 0.921. The monoisotopic (exact) mass is 247 g/mol. The zero-order chi connectivity index (χ0) is 13.1. The van der Waals surface area contributed by atoms with Crippen molar-refractivity contribution < 1.29 is 4.79 Å². The third-order valence-electron chi connectivity index (χ3n) is 3.59. The van der Waals surface area contributed by atoms with Crippen LogP contribution in [0.4, 0.5) is 0 Å². The van der Waals surface area contributed by atoms with Crippen LogP contribution in [0.2, 0.25) is 0 Å². The molecule has 0 radical (unpaired) electrons. The molecule has 0 spiro atoms. The molecular weight excluding hydrogens is 226 g/mol. The third-order valence-corrected chi connectivity index (χ3v) is 3.59. The minimum Gasteiger partial charge on any atom is -0.337 e. The molecule has 1 aromatic rings. The molecule has 0 bridgehead atoms. The summed E-state index contributed by atoms with van der Waals surface area (Å²) in [5.41, 5.74) is 7.35. The second-order valence-electron chi connectivity index (χ2n) is 5.06. The highest BCUT2D eigenvalue weighted by Gasteiger charge is 2.27. The average Bonchev–Trinajstić information content (AvgIpc) is 2.87. The first-order valence-electron chi connectivity index (χ1n) is 6.36. The number of nitrogens with two attached hydrogens (primary N) is 1. The Bertz CT molecular complexity index is 431. The fraction of sp³-hybridized carbons (Fsp3) is 0.500. The first kappa shape index (κ1) is 13.1. The zero-order valence-corrected chi connectivity index (χ0v) is 11.1. The average molecular weight is 247 g/mol. The summed E-state index contributed by atoms with van der Waals surface area (Å²) in [7, 11) is 4.13. The van der Waals surface area contributed by atoms with Crippen LogP contribution >= 0.6 is 0 Å². The number of likely N-dealkylation sites (tertiary alicyclic amines) is 1. The molecule has 1 atom stereocenters. The standard InChI is InChI=1S/C14H21N3O/c1-16(2)13-6-7-17(10-13)14(18)12-5-3-4-11(8-12)9-15/h3-5,8,13H,6-7,9-10,15H2,1-2H3. The minimum atomic E-state index is 0.120. The van der Waals surface area contributed by atoms with Crippen molar-refractivity contribution in [2.24, 2.45) is 5.73 Å². The summed E-state index contributed by atoms with van der Waals surface area (Å²) in [6, 6.07) is 8.08. The van der Waals surface area contributed by atoms with Crippen molar-refractivity contribution in [3.8, 4) is 0 Å². The Kier molecular flexibility index (Phi) is 3.99. The fourth-order valence-electron chi connectivity index (χ4n) is 2.36. The van der Waals surface area contributed by atoms with E-state index in [2.05, 4.69) is 19.0 Å². The maximum Gasteiger partial charge on any atom is 0.253 e. The Balaban J connectivity index is 2.08. The van der Waals surface area contributed by atoms with E-state index in [0.717, 1.165) is 30.6 Å². The molecule has 1 aliphatic heterocycles. The zero-order valence-electron chi connectivity index (χ0n) is 11.1. The molecule has 2 N–H and O–H groups in total.